The molecule has 0 radical (unpaired) electrons. The Morgan fingerprint density at radius 1 is 0.540 bits per heavy atom. The minimum Gasteiger partial charge on any atom is -0.444 e. The number of aryl methyl sites for hydroxylation is 5. The van der Waals surface area contributed by atoms with Gasteiger partial charge in [-0.2, -0.15) is 0 Å². The molecule has 24 heteroatoms. The van der Waals surface area contributed by atoms with Crippen LogP contribution in [0.5, 0.6) is 0 Å². The van der Waals surface area contributed by atoms with E-state index in [4.69, 9.17) is 22.4 Å². The summed E-state index contributed by atoms with van der Waals surface area (Å²) in [5.74, 6) is 0.535. The van der Waals surface area contributed by atoms with Gasteiger partial charge in [-0.25, -0.2) is 9.97 Å². The number of nitrogens with zero attached hydrogens (tertiary/aromatic N) is 9. The Morgan fingerprint density at radius 2 is 1.00 bits per heavy atom. The lowest BCUT2D eigenvalue weighted by molar-refractivity contribution is -0.140. The minimum absolute atomic E-state index is 0.00148. The van der Waals surface area contributed by atoms with Crippen LogP contribution < -0.4 is 0 Å². The quantitative estimate of drug-likeness (QED) is 0.0506. The van der Waals surface area contributed by atoms with Gasteiger partial charge >= 0.3 is 0 Å². The number of oxazole rings is 2. The smallest absolute Gasteiger partial charge is 0.234 e. The first-order valence-electron chi connectivity index (χ1n) is 34.3. The zero-order chi connectivity index (χ0) is 71.5. The summed E-state index contributed by atoms with van der Waals surface area (Å²) in [6, 6.07) is 27.2. The van der Waals surface area contributed by atoms with E-state index in [-0.39, 0.29) is 98.1 Å². The SMILES string of the molecule is CC[C@@H](C(=O)N1C[C@H](O)C[C@H]1C(=O)CCc1ccc(-c2cnco2)cc1)c1cc(C)no1.CC[C@@H](C(=O)N1C[C@H](O)C[C@H]1C(=O)C[C@@H](C)c1ccc(-c2cncs2)cc1)c1cc(C)no1.Cc1cc([C@H](C(=O)N2C[C@H](O)C[C@H]2C(=O)C[C@@H](C)c2ccc(-c3ocnc3C)cc2)C(C)C)on1. The summed E-state index contributed by atoms with van der Waals surface area (Å²) in [4.78, 5) is 97.6. The highest BCUT2D eigenvalue weighted by molar-refractivity contribution is 7.13. The normalized spacial score (nSPS) is 19.7. The maximum Gasteiger partial charge on any atom is 0.234 e. The number of Topliss-reactive ketones (excluding diaryl/α,β-unsaturated/α-hetero) is 3. The molecule has 0 unspecified atom stereocenters. The second-order valence-corrected chi connectivity index (χ2v) is 27.9. The van der Waals surface area contributed by atoms with Crippen LogP contribution in [-0.4, -0.2) is 152 Å². The number of ketones is 3. The fourth-order valence-corrected chi connectivity index (χ4v) is 14.3. The summed E-state index contributed by atoms with van der Waals surface area (Å²) >= 11 is 1.59. The maximum atomic E-state index is 13.6. The van der Waals surface area contributed by atoms with Crippen molar-refractivity contribution >= 4 is 46.4 Å². The lowest BCUT2D eigenvalue weighted by Gasteiger charge is -2.29. The van der Waals surface area contributed by atoms with Crippen LogP contribution in [0.25, 0.3) is 33.1 Å². The molecule has 3 aliphatic rings. The number of likely N-dealkylation sites (tertiary alicyclic amines) is 3. The molecule has 3 N–H and O–H groups in total. The van der Waals surface area contributed by atoms with Crippen molar-refractivity contribution in [1.82, 2.24) is 45.1 Å². The molecular formula is C76H89N9O14S. The van der Waals surface area contributed by atoms with Gasteiger partial charge in [0.2, 0.25) is 17.7 Å². The fraction of sp³-hybridized carbons (Fsp3) is 0.447. The number of hydrogen-bond acceptors (Lipinski definition) is 21. The molecule has 100 heavy (non-hydrogen) atoms. The zero-order valence-corrected chi connectivity index (χ0v) is 59.0. The van der Waals surface area contributed by atoms with Gasteiger partial charge in [0.05, 0.1) is 87.6 Å². The number of carbonyl (C=O) groups excluding carboxylic acids is 6. The second kappa shape index (κ2) is 33.2. The van der Waals surface area contributed by atoms with Gasteiger partial charge in [-0.1, -0.05) is 130 Å². The van der Waals surface area contributed by atoms with Gasteiger partial charge in [0.25, 0.3) is 0 Å². The van der Waals surface area contributed by atoms with Gasteiger partial charge in [0.15, 0.2) is 41.7 Å². The molecule has 9 heterocycles. The van der Waals surface area contributed by atoms with Crippen LogP contribution in [-0.2, 0) is 35.2 Å². The van der Waals surface area contributed by atoms with Gasteiger partial charge in [0, 0.05) is 93.7 Å². The van der Waals surface area contributed by atoms with Gasteiger partial charge < -0.3 is 52.4 Å². The average molecular weight is 1380 g/mol. The summed E-state index contributed by atoms with van der Waals surface area (Å²) in [7, 11) is 0. The third-order valence-electron chi connectivity index (χ3n) is 19.1. The third-order valence-corrected chi connectivity index (χ3v) is 19.9. The number of aliphatic hydroxyl groups excluding tert-OH is 3. The van der Waals surface area contributed by atoms with Crippen LogP contribution in [0.15, 0.2) is 144 Å². The first-order valence-corrected chi connectivity index (χ1v) is 35.2. The number of aliphatic hydroxyl groups is 3. The lowest BCUT2D eigenvalue weighted by Crippen LogP contribution is -2.44. The van der Waals surface area contributed by atoms with Crippen molar-refractivity contribution in [2.45, 2.75) is 193 Å². The van der Waals surface area contributed by atoms with Crippen molar-refractivity contribution in [1.29, 1.82) is 0 Å². The van der Waals surface area contributed by atoms with Crippen molar-refractivity contribution in [2.24, 2.45) is 5.92 Å². The van der Waals surface area contributed by atoms with E-state index in [1.165, 1.54) is 22.6 Å². The fourth-order valence-electron chi connectivity index (χ4n) is 13.6. The zero-order valence-electron chi connectivity index (χ0n) is 58.2. The molecule has 0 aliphatic carbocycles. The highest BCUT2D eigenvalue weighted by Crippen LogP contribution is 2.37. The Balaban J connectivity index is 0.000000162. The van der Waals surface area contributed by atoms with Crippen molar-refractivity contribution in [2.75, 3.05) is 19.6 Å². The predicted octanol–water partition coefficient (Wildman–Crippen LogP) is 12.0. The number of aromatic nitrogens is 6. The number of β-amino-alcohol motifs (C(OH)–C–C–N with tert-alkyl or cyclic N) is 3. The summed E-state index contributed by atoms with van der Waals surface area (Å²) in [6.07, 6.45) is 7.45. The van der Waals surface area contributed by atoms with Gasteiger partial charge in [0.1, 0.15) is 23.2 Å². The molecule has 0 spiro atoms. The van der Waals surface area contributed by atoms with Crippen LogP contribution >= 0.6 is 11.3 Å². The van der Waals surface area contributed by atoms with Crippen molar-refractivity contribution < 1.29 is 66.5 Å². The minimum atomic E-state index is -0.725. The lowest BCUT2D eigenvalue weighted by atomic mass is 9.89. The Morgan fingerprint density at radius 3 is 1.41 bits per heavy atom. The third kappa shape index (κ3) is 17.6. The molecule has 528 valence electrons. The van der Waals surface area contributed by atoms with Crippen molar-refractivity contribution in [3.8, 4) is 33.1 Å². The molecule has 0 bridgehead atoms. The maximum absolute atomic E-state index is 13.6. The second-order valence-electron chi connectivity index (χ2n) is 27.0. The molecule has 3 amide bonds. The average Bonchev–Trinajstić information content (AvgIpc) is 1.63. The number of carbonyl (C=O) groups is 6. The molecule has 3 aromatic carbocycles. The molecule has 0 saturated carbocycles. The molecule has 6 aromatic heterocycles. The van der Waals surface area contributed by atoms with E-state index < -0.39 is 54.2 Å². The predicted molar refractivity (Wildman–Crippen MR) is 371 cm³/mol. The molecular weight excluding hydrogens is 1290 g/mol. The van der Waals surface area contributed by atoms with Crippen molar-refractivity contribution in [3.05, 3.63) is 178 Å². The summed E-state index contributed by atoms with van der Waals surface area (Å²) < 4.78 is 26.8. The van der Waals surface area contributed by atoms with E-state index in [0.29, 0.717) is 72.2 Å². The van der Waals surface area contributed by atoms with Gasteiger partial charge in [-0.3, -0.25) is 33.8 Å². The highest BCUT2D eigenvalue weighted by atomic mass is 32.1. The molecule has 23 nitrogen and oxygen atoms in total. The Labute approximate surface area is 585 Å². The first-order chi connectivity index (χ1) is 48.0. The summed E-state index contributed by atoms with van der Waals surface area (Å²) in [6.45, 7) is 19.5. The largest absolute Gasteiger partial charge is 0.444 e. The van der Waals surface area contributed by atoms with Crippen LogP contribution in [0.2, 0.25) is 0 Å². The number of rotatable bonds is 24. The summed E-state index contributed by atoms with van der Waals surface area (Å²) in [5, 5.41) is 42.6. The Hall–Kier alpha value is -9.36. The molecule has 12 rings (SSSR count). The number of amides is 3. The van der Waals surface area contributed by atoms with Crippen LogP contribution in [0, 0.1) is 33.6 Å². The van der Waals surface area contributed by atoms with Crippen molar-refractivity contribution in [3.63, 3.8) is 0 Å². The molecule has 11 atom stereocenters. The van der Waals surface area contributed by atoms with Crippen LogP contribution in [0.4, 0.5) is 0 Å². The molecule has 3 saturated heterocycles. The number of hydrogen-bond donors (Lipinski definition) is 3. The number of thiazole rings is 1. The van der Waals surface area contributed by atoms with E-state index in [2.05, 4.69) is 30.4 Å². The highest BCUT2D eigenvalue weighted by Gasteiger charge is 2.45. The monoisotopic (exact) mass is 1380 g/mol. The van der Waals surface area contributed by atoms with E-state index in [0.717, 1.165) is 49.7 Å². The first kappa shape index (κ1) is 73.4. The van der Waals surface area contributed by atoms with Crippen LogP contribution in [0.1, 0.15) is 179 Å². The summed E-state index contributed by atoms with van der Waals surface area (Å²) in [5.41, 5.74) is 10.8. The van der Waals surface area contributed by atoms with E-state index in [1.807, 2.05) is 127 Å². The molecule has 3 aliphatic heterocycles. The van der Waals surface area contributed by atoms with Crippen LogP contribution in [0.3, 0.4) is 0 Å². The Bertz CT molecular complexity index is 4180. The van der Waals surface area contributed by atoms with E-state index in [9.17, 15) is 44.1 Å². The topological polar surface area (TPSA) is 316 Å². The van der Waals surface area contributed by atoms with E-state index in [1.54, 1.807) is 66.9 Å². The molecule has 9 aromatic rings. The Kier molecular flexibility index (Phi) is 24.4. The standard InChI is InChI=1S/C27H33N3O5.C25H29N3O4S.C24H27N3O5/c1-15(2)25(24-11-17(4)29-35-24)27(33)30-13-21(31)12-22(30)23(32)10-16(3)19-6-8-20(9-7-19)26-18(5)28-14-34-26;1-4-20(23-10-16(3)27-32-23)25(31)28-13-19(29)11-21(28)22(30)9-15(2)17-5-7-18(8-6-17)24-12-26-14-33-24;1-3-19(22-10-15(2)26-32-22)24(30)27-13-18(28)11-20(27)21(29)9-6-16-4-7-17(8-5-16)23-12-25-14-31-23/h6-9,11,14-16,21-22,25,31H,10,12-13H2,1-5H3;5-8,10,12,14-15,19-21,29H,4,9,11,13H2,1-3H3;4-5,7-8,10,12,14,18-20,28H,3,6,9,11,13H2,1-2H3/t16-,21-,22+,25-;15-,19-,20-,21+;18-,19-,20+/m111/s1. The van der Waals surface area contributed by atoms with Gasteiger partial charge in [-0.05, 0) is 87.0 Å². The number of benzene rings is 3. The van der Waals surface area contributed by atoms with E-state index >= 15 is 0 Å². The van der Waals surface area contributed by atoms with Gasteiger partial charge in [-0.15, -0.1) is 11.3 Å². The molecule has 3 fully saturated rings.